The fourth-order valence-electron chi connectivity index (χ4n) is 4.36. The van der Waals surface area contributed by atoms with Gasteiger partial charge in [0, 0.05) is 6.42 Å². The standard InChI is InChI=1S/C22H36O4/c1-4-5-13-21(2,3)14-11-19(23)22(20(24)25,17-8-6-7-9-17)15-10-18-12-16-26-18/h11-12,17,23H,4-10,13-16H2,1-3H3,(H,24,25)/b19-11+/t22-/m1/s1. The van der Waals surface area contributed by atoms with E-state index in [9.17, 15) is 15.0 Å². The van der Waals surface area contributed by atoms with E-state index in [2.05, 4.69) is 20.8 Å². The first-order valence-electron chi connectivity index (χ1n) is 10.3. The number of unbranched alkanes of at least 4 members (excludes halogenated alkanes) is 1. The normalized spacial score (nSPS) is 20.9. The molecule has 1 saturated carbocycles. The topological polar surface area (TPSA) is 66.8 Å². The number of ether oxygens (including phenoxy) is 1. The Morgan fingerprint density at radius 2 is 1.92 bits per heavy atom. The van der Waals surface area contributed by atoms with Crippen LogP contribution in [0.15, 0.2) is 23.7 Å². The molecule has 0 aromatic rings. The van der Waals surface area contributed by atoms with Gasteiger partial charge in [0.05, 0.1) is 5.76 Å². The number of aliphatic hydroxyl groups is 1. The minimum Gasteiger partial charge on any atom is -0.511 e. The van der Waals surface area contributed by atoms with Crippen molar-refractivity contribution in [3.63, 3.8) is 0 Å². The van der Waals surface area contributed by atoms with Gasteiger partial charge in [-0.3, -0.25) is 4.79 Å². The first-order valence-corrected chi connectivity index (χ1v) is 10.3. The van der Waals surface area contributed by atoms with Gasteiger partial charge < -0.3 is 14.9 Å². The molecule has 1 fully saturated rings. The number of carboxylic acids is 1. The van der Waals surface area contributed by atoms with Crippen LogP contribution in [0.3, 0.4) is 0 Å². The predicted octanol–water partition coefficient (Wildman–Crippen LogP) is 5.99. The van der Waals surface area contributed by atoms with E-state index in [0.717, 1.165) is 50.7 Å². The third-order valence-corrected chi connectivity index (χ3v) is 6.29. The predicted molar refractivity (Wildman–Crippen MR) is 104 cm³/mol. The number of rotatable bonds is 11. The molecule has 1 heterocycles. The van der Waals surface area contributed by atoms with Crippen molar-refractivity contribution in [1.82, 2.24) is 0 Å². The highest BCUT2D eigenvalue weighted by molar-refractivity contribution is 5.78. The fraction of sp³-hybridized carbons (Fsp3) is 0.773. The molecule has 0 aromatic carbocycles. The van der Waals surface area contributed by atoms with Gasteiger partial charge in [0.15, 0.2) is 0 Å². The number of carboxylic acid groups (broad SMARTS) is 1. The van der Waals surface area contributed by atoms with Crippen molar-refractivity contribution in [2.24, 2.45) is 16.7 Å². The van der Waals surface area contributed by atoms with Crippen LogP contribution in [0.1, 0.15) is 85.0 Å². The van der Waals surface area contributed by atoms with Gasteiger partial charge in [0.1, 0.15) is 17.8 Å². The van der Waals surface area contributed by atoms with E-state index in [-0.39, 0.29) is 17.1 Å². The Kier molecular flexibility index (Phi) is 7.19. The molecular formula is C22H36O4. The van der Waals surface area contributed by atoms with Crippen molar-refractivity contribution in [3.05, 3.63) is 23.7 Å². The summed E-state index contributed by atoms with van der Waals surface area (Å²) in [6.45, 7) is 7.18. The summed E-state index contributed by atoms with van der Waals surface area (Å²) in [5.74, 6) is 0.0613. The average Bonchev–Trinajstić information content (AvgIpc) is 3.07. The Morgan fingerprint density at radius 1 is 1.27 bits per heavy atom. The molecular weight excluding hydrogens is 328 g/mol. The van der Waals surface area contributed by atoms with Gasteiger partial charge in [-0.1, -0.05) is 46.5 Å². The molecule has 1 aliphatic carbocycles. The number of allylic oxidation sites excluding steroid dienone is 2. The van der Waals surface area contributed by atoms with Crippen LogP contribution in [0, 0.1) is 16.7 Å². The molecule has 0 saturated heterocycles. The first-order chi connectivity index (χ1) is 12.3. The molecule has 0 unspecified atom stereocenters. The molecule has 0 amide bonds. The number of carbonyl (C=O) groups is 1. The molecule has 2 rings (SSSR count). The van der Waals surface area contributed by atoms with Crippen LogP contribution in [0.4, 0.5) is 0 Å². The van der Waals surface area contributed by atoms with E-state index in [4.69, 9.17) is 4.74 Å². The van der Waals surface area contributed by atoms with E-state index < -0.39 is 11.4 Å². The van der Waals surface area contributed by atoms with E-state index in [1.165, 1.54) is 0 Å². The summed E-state index contributed by atoms with van der Waals surface area (Å²) >= 11 is 0. The zero-order valence-electron chi connectivity index (χ0n) is 16.7. The highest BCUT2D eigenvalue weighted by Crippen LogP contribution is 2.49. The van der Waals surface area contributed by atoms with Gasteiger partial charge in [-0.05, 0) is 55.6 Å². The van der Waals surface area contributed by atoms with Crippen molar-refractivity contribution >= 4 is 5.97 Å². The third-order valence-electron chi connectivity index (χ3n) is 6.29. The number of aliphatic carboxylic acids is 1. The Labute approximate surface area is 158 Å². The summed E-state index contributed by atoms with van der Waals surface area (Å²) in [5, 5.41) is 21.2. The highest BCUT2D eigenvalue weighted by atomic mass is 16.5. The lowest BCUT2D eigenvalue weighted by Crippen LogP contribution is -2.40. The zero-order valence-corrected chi connectivity index (χ0v) is 16.7. The Hall–Kier alpha value is -1.45. The Morgan fingerprint density at radius 3 is 2.42 bits per heavy atom. The molecule has 0 bridgehead atoms. The largest absolute Gasteiger partial charge is 0.511 e. The van der Waals surface area contributed by atoms with Gasteiger partial charge in [-0.25, -0.2) is 0 Å². The molecule has 1 atom stereocenters. The summed E-state index contributed by atoms with van der Waals surface area (Å²) < 4.78 is 5.37. The lowest BCUT2D eigenvalue weighted by Gasteiger charge is -2.36. The minimum absolute atomic E-state index is 0.00989. The van der Waals surface area contributed by atoms with Gasteiger partial charge in [-0.2, -0.15) is 0 Å². The van der Waals surface area contributed by atoms with Crippen molar-refractivity contribution in [2.45, 2.75) is 85.0 Å². The number of hydrogen-bond acceptors (Lipinski definition) is 3. The summed E-state index contributed by atoms with van der Waals surface area (Å²) in [7, 11) is 0. The maximum absolute atomic E-state index is 12.4. The molecule has 4 nitrogen and oxygen atoms in total. The minimum atomic E-state index is -1.17. The van der Waals surface area contributed by atoms with E-state index in [1.807, 2.05) is 6.08 Å². The maximum Gasteiger partial charge on any atom is 0.317 e. The SMILES string of the molecule is CCCCC(C)(C)C/C=C(/O)[C@](CCC1=CCO1)(C(=O)O)C1CCCC1. The van der Waals surface area contributed by atoms with Gasteiger partial charge >= 0.3 is 5.97 Å². The lowest BCUT2D eigenvalue weighted by atomic mass is 9.68. The monoisotopic (exact) mass is 364 g/mol. The first kappa shape index (κ1) is 20.9. The Bertz CT molecular complexity index is 540. The van der Waals surface area contributed by atoms with E-state index in [1.54, 1.807) is 6.08 Å². The van der Waals surface area contributed by atoms with Crippen LogP contribution in [0.5, 0.6) is 0 Å². The Balaban J connectivity index is 2.21. The van der Waals surface area contributed by atoms with Crippen LogP contribution in [-0.2, 0) is 9.53 Å². The third kappa shape index (κ3) is 4.83. The zero-order chi connectivity index (χ0) is 19.2. The van der Waals surface area contributed by atoms with Crippen molar-refractivity contribution < 1.29 is 19.7 Å². The molecule has 4 heteroatoms. The average molecular weight is 365 g/mol. The van der Waals surface area contributed by atoms with Crippen LogP contribution >= 0.6 is 0 Å². The second kappa shape index (κ2) is 8.96. The van der Waals surface area contributed by atoms with Crippen LogP contribution < -0.4 is 0 Å². The molecule has 26 heavy (non-hydrogen) atoms. The molecule has 2 N–H and O–H groups in total. The second-order valence-electron chi connectivity index (χ2n) is 8.80. The smallest absolute Gasteiger partial charge is 0.317 e. The number of aliphatic hydroxyl groups excluding tert-OH is 1. The lowest BCUT2D eigenvalue weighted by molar-refractivity contribution is -0.152. The van der Waals surface area contributed by atoms with Gasteiger partial charge in [0.25, 0.3) is 0 Å². The molecule has 2 aliphatic rings. The summed E-state index contributed by atoms with van der Waals surface area (Å²) in [4.78, 5) is 12.4. The van der Waals surface area contributed by atoms with E-state index in [0.29, 0.717) is 25.9 Å². The van der Waals surface area contributed by atoms with Crippen LogP contribution in [0.2, 0.25) is 0 Å². The molecule has 0 aromatic heterocycles. The van der Waals surface area contributed by atoms with Gasteiger partial charge in [0.2, 0.25) is 0 Å². The van der Waals surface area contributed by atoms with Gasteiger partial charge in [-0.15, -0.1) is 0 Å². The molecule has 0 radical (unpaired) electrons. The highest BCUT2D eigenvalue weighted by Gasteiger charge is 2.50. The van der Waals surface area contributed by atoms with Crippen molar-refractivity contribution in [1.29, 1.82) is 0 Å². The quantitative estimate of drug-likeness (QED) is 0.442. The summed E-state index contributed by atoms with van der Waals surface area (Å²) in [6.07, 6.45) is 12.7. The van der Waals surface area contributed by atoms with Crippen LogP contribution in [-0.4, -0.2) is 22.8 Å². The molecule has 148 valence electrons. The molecule has 1 aliphatic heterocycles. The van der Waals surface area contributed by atoms with E-state index >= 15 is 0 Å². The summed E-state index contributed by atoms with van der Waals surface area (Å²) in [5.41, 5.74) is -1.10. The maximum atomic E-state index is 12.4. The fourth-order valence-corrected chi connectivity index (χ4v) is 4.36. The van der Waals surface area contributed by atoms with Crippen LogP contribution in [0.25, 0.3) is 0 Å². The second-order valence-corrected chi connectivity index (χ2v) is 8.80. The number of hydrogen-bond donors (Lipinski definition) is 2. The summed E-state index contributed by atoms with van der Waals surface area (Å²) in [6, 6.07) is 0. The molecule has 0 spiro atoms. The van der Waals surface area contributed by atoms with Crippen molar-refractivity contribution in [2.75, 3.05) is 6.61 Å². The van der Waals surface area contributed by atoms with Crippen molar-refractivity contribution in [3.8, 4) is 0 Å².